The van der Waals surface area contributed by atoms with E-state index in [1.165, 1.54) is 12.1 Å². The number of hydrogen-bond acceptors (Lipinski definition) is 2. The van der Waals surface area contributed by atoms with Crippen molar-refractivity contribution in [2.45, 2.75) is 13.3 Å². The number of alkyl halides is 1. The number of fused-ring (bicyclic) bond motifs is 1. The molecule has 0 bridgehead atoms. The van der Waals surface area contributed by atoms with Gasteiger partial charge in [0.05, 0.1) is 10.7 Å². The van der Waals surface area contributed by atoms with Crippen molar-refractivity contribution < 1.29 is 4.39 Å². The van der Waals surface area contributed by atoms with Crippen LogP contribution >= 0.6 is 23.2 Å². The van der Waals surface area contributed by atoms with Crippen molar-refractivity contribution >= 4 is 34.4 Å². The average molecular weight is 324 g/mol. The Balaban J connectivity index is 2.29. The van der Waals surface area contributed by atoms with Crippen LogP contribution in [0.15, 0.2) is 30.3 Å². The van der Waals surface area contributed by atoms with E-state index in [4.69, 9.17) is 23.2 Å². The Bertz CT molecular complexity index is 814. The molecule has 3 rings (SSSR count). The Morgan fingerprint density at radius 1 is 1.19 bits per heavy atom. The van der Waals surface area contributed by atoms with Gasteiger partial charge in [0.15, 0.2) is 5.65 Å². The summed E-state index contributed by atoms with van der Waals surface area (Å²) in [5.74, 6) is 0.707. The van der Waals surface area contributed by atoms with Gasteiger partial charge in [0.1, 0.15) is 17.2 Å². The number of pyridine rings is 1. The molecule has 108 valence electrons. The minimum absolute atomic E-state index is 0.0891. The third-order valence-electron chi connectivity index (χ3n) is 3.19. The van der Waals surface area contributed by atoms with Gasteiger partial charge in [-0.2, -0.15) is 0 Å². The van der Waals surface area contributed by atoms with Crippen LogP contribution < -0.4 is 0 Å². The molecule has 0 saturated carbocycles. The summed E-state index contributed by atoms with van der Waals surface area (Å²) in [6, 6.07) is 8.45. The van der Waals surface area contributed by atoms with E-state index in [-0.39, 0.29) is 5.02 Å². The van der Waals surface area contributed by atoms with Crippen molar-refractivity contribution in [2.24, 2.45) is 0 Å². The highest BCUT2D eigenvalue weighted by Crippen LogP contribution is 2.24. The zero-order valence-electron chi connectivity index (χ0n) is 11.3. The second-order valence-corrected chi connectivity index (χ2v) is 5.48. The van der Waals surface area contributed by atoms with Crippen LogP contribution in [0.1, 0.15) is 11.5 Å². The molecule has 0 aliphatic rings. The molecular weight excluding hydrogens is 312 g/mol. The maximum atomic E-state index is 13.8. The molecule has 0 fully saturated rings. The smallest absolute Gasteiger partial charge is 0.164 e. The van der Waals surface area contributed by atoms with E-state index in [2.05, 4.69) is 9.97 Å². The van der Waals surface area contributed by atoms with Gasteiger partial charge in [-0.05, 0) is 37.3 Å². The van der Waals surface area contributed by atoms with E-state index >= 15 is 0 Å². The summed E-state index contributed by atoms with van der Waals surface area (Å²) in [4.78, 5) is 9.04. The summed E-state index contributed by atoms with van der Waals surface area (Å²) in [5, 5.41) is 0.0891. The third kappa shape index (κ3) is 2.61. The highest BCUT2D eigenvalue weighted by atomic mass is 35.5. The monoisotopic (exact) mass is 323 g/mol. The van der Waals surface area contributed by atoms with Gasteiger partial charge in [0.2, 0.25) is 0 Å². The van der Waals surface area contributed by atoms with Crippen molar-refractivity contribution in [3.05, 3.63) is 52.7 Å². The van der Waals surface area contributed by atoms with Gasteiger partial charge in [0.25, 0.3) is 0 Å². The summed E-state index contributed by atoms with van der Waals surface area (Å²) < 4.78 is 15.6. The van der Waals surface area contributed by atoms with E-state index in [1.807, 2.05) is 23.6 Å². The standard InChI is InChI=1S/C15H12Cl2FN3/c1-9-2-5-13-15(19-9)21(14(20-13)6-7-16)10-3-4-11(17)12(18)8-10/h2-5,8H,6-7H2,1H3. The second-order valence-electron chi connectivity index (χ2n) is 4.70. The lowest BCUT2D eigenvalue weighted by Crippen LogP contribution is -2.03. The SMILES string of the molecule is Cc1ccc2nc(CCCl)n(-c3ccc(Cl)c(F)c3)c2n1. The van der Waals surface area contributed by atoms with Gasteiger partial charge in [-0.25, -0.2) is 14.4 Å². The molecule has 3 nitrogen and oxygen atoms in total. The number of benzene rings is 1. The molecule has 0 N–H and O–H groups in total. The predicted molar refractivity (Wildman–Crippen MR) is 83.0 cm³/mol. The zero-order valence-corrected chi connectivity index (χ0v) is 12.8. The van der Waals surface area contributed by atoms with E-state index in [9.17, 15) is 4.39 Å². The summed E-state index contributed by atoms with van der Waals surface area (Å²) >= 11 is 11.6. The molecule has 0 amide bonds. The molecule has 0 spiro atoms. The summed E-state index contributed by atoms with van der Waals surface area (Å²) in [6.07, 6.45) is 0.571. The summed E-state index contributed by atoms with van der Waals surface area (Å²) in [6.45, 7) is 1.90. The first kappa shape index (κ1) is 14.3. The molecule has 21 heavy (non-hydrogen) atoms. The normalized spacial score (nSPS) is 11.2. The van der Waals surface area contributed by atoms with Gasteiger partial charge in [-0.1, -0.05) is 11.6 Å². The van der Waals surface area contributed by atoms with Gasteiger partial charge in [-0.3, -0.25) is 4.57 Å². The van der Waals surface area contributed by atoms with Crippen molar-refractivity contribution in [1.82, 2.24) is 14.5 Å². The topological polar surface area (TPSA) is 30.7 Å². The average Bonchev–Trinajstić information content (AvgIpc) is 2.80. The van der Waals surface area contributed by atoms with Crippen LogP contribution in [-0.2, 0) is 6.42 Å². The molecule has 3 aromatic rings. The highest BCUT2D eigenvalue weighted by molar-refractivity contribution is 6.30. The predicted octanol–water partition coefficient (Wildman–Crippen LogP) is 4.30. The van der Waals surface area contributed by atoms with Crippen LogP contribution in [0.4, 0.5) is 4.39 Å². The van der Waals surface area contributed by atoms with Crippen LogP contribution in [0.5, 0.6) is 0 Å². The van der Waals surface area contributed by atoms with Crippen molar-refractivity contribution in [1.29, 1.82) is 0 Å². The maximum Gasteiger partial charge on any atom is 0.164 e. The van der Waals surface area contributed by atoms with Crippen LogP contribution in [0.25, 0.3) is 16.9 Å². The fraction of sp³-hybridized carbons (Fsp3) is 0.200. The number of aryl methyl sites for hydroxylation is 2. The van der Waals surface area contributed by atoms with Crippen molar-refractivity contribution in [2.75, 3.05) is 5.88 Å². The number of hydrogen-bond donors (Lipinski definition) is 0. The second kappa shape index (κ2) is 5.62. The van der Waals surface area contributed by atoms with Crippen molar-refractivity contribution in [3.63, 3.8) is 0 Å². The third-order valence-corrected chi connectivity index (χ3v) is 3.69. The Hall–Kier alpha value is -1.65. The van der Waals surface area contributed by atoms with E-state index in [0.717, 1.165) is 17.0 Å². The number of imidazole rings is 1. The molecule has 0 unspecified atom stereocenters. The van der Waals surface area contributed by atoms with E-state index < -0.39 is 5.82 Å². The van der Waals surface area contributed by atoms with Gasteiger partial charge >= 0.3 is 0 Å². The highest BCUT2D eigenvalue weighted by Gasteiger charge is 2.14. The Labute approximate surface area is 131 Å². The minimum Gasteiger partial charge on any atom is -0.281 e. The fourth-order valence-electron chi connectivity index (χ4n) is 2.25. The molecule has 0 saturated heterocycles. The number of aromatic nitrogens is 3. The first-order valence-corrected chi connectivity index (χ1v) is 7.38. The Kier molecular flexibility index (Phi) is 3.83. The van der Waals surface area contributed by atoms with Crippen LogP contribution in [0.2, 0.25) is 5.02 Å². The van der Waals surface area contributed by atoms with Crippen LogP contribution in [0, 0.1) is 12.7 Å². The lowest BCUT2D eigenvalue weighted by atomic mass is 10.3. The molecule has 1 aromatic carbocycles. The maximum absolute atomic E-state index is 13.8. The van der Waals surface area contributed by atoms with Gasteiger partial charge in [0, 0.05) is 18.0 Å². The summed E-state index contributed by atoms with van der Waals surface area (Å²) in [5.41, 5.74) is 2.96. The molecule has 2 heterocycles. The molecule has 0 radical (unpaired) electrons. The number of rotatable bonds is 3. The molecule has 0 aliphatic carbocycles. The number of halogens is 3. The Morgan fingerprint density at radius 3 is 2.71 bits per heavy atom. The molecule has 0 atom stereocenters. The molecule has 6 heteroatoms. The minimum atomic E-state index is -0.472. The van der Waals surface area contributed by atoms with Crippen molar-refractivity contribution in [3.8, 4) is 5.69 Å². The van der Waals surface area contributed by atoms with Gasteiger partial charge < -0.3 is 0 Å². The lowest BCUT2D eigenvalue weighted by molar-refractivity contribution is 0.627. The summed E-state index contributed by atoms with van der Waals surface area (Å²) in [7, 11) is 0. The molecular formula is C15H12Cl2FN3. The fourth-order valence-corrected chi connectivity index (χ4v) is 2.53. The molecule has 2 aromatic heterocycles. The quantitative estimate of drug-likeness (QED) is 0.673. The number of nitrogens with zero attached hydrogens (tertiary/aromatic N) is 3. The van der Waals surface area contributed by atoms with Crippen LogP contribution in [-0.4, -0.2) is 20.4 Å². The lowest BCUT2D eigenvalue weighted by Gasteiger charge is -2.09. The van der Waals surface area contributed by atoms with Crippen LogP contribution in [0.3, 0.4) is 0 Å². The van der Waals surface area contributed by atoms with Gasteiger partial charge in [-0.15, -0.1) is 11.6 Å². The Morgan fingerprint density at radius 2 is 2.00 bits per heavy atom. The van der Waals surface area contributed by atoms with E-state index in [1.54, 1.807) is 6.07 Å². The first-order chi connectivity index (χ1) is 10.1. The van der Waals surface area contributed by atoms with E-state index in [0.29, 0.717) is 23.6 Å². The molecule has 0 aliphatic heterocycles. The first-order valence-electron chi connectivity index (χ1n) is 6.46. The largest absolute Gasteiger partial charge is 0.281 e. The zero-order chi connectivity index (χ0) is 15.0.